The summed E-state index contributed by atoms with van der Waals surface area (Å²) in [4.78, 5) is 0. The molecule has 3 rings (SSSR count). The van der Waals surface area contributed by atoms with Crippen molar-refractivity contribution >= 4 is 0 Å². The van der Waals surface area contributed by atoms with E-state index in [1.165, 1.54) is 70.6 Å². The van der Waals surface area contributed by atoms with Crippen LogP contribution in [0.25, 0.3) is 0 Å². The van der Waals surface area contributed by atoms with Crippen LogP contribution < -0.4 is 0 Å². The smallest absolute Gasteiger partial charge is 0.0163 e. The molecule has 2 fully saturated rings. The second-order valence-corrected chi connectivity index (χ2v) is 5.83. The molecule has 96 valence electrons. The van der Waals surface area contributed by atoms with Gasteiger partial charge < -0.3 is 0 Å². The molecule has 0 amide bonds. The van der Waals surface area contributed by atoms with Crippen LogP contribution in [0.1, 0.15) is 77.6 Å². The van der Waals surface area contributed by atoms with Gasteiger partial charge in [-0.05, 0) is 38.0 Å². The summed E-state index contributed by atoms with van der Waals surface area (Å²) in [7, 11) is 0. The minimum atomic E-state index is 0.929. The third kappa shape index (κ3) is 4.01. The van der Waals surface area contributed by atoms with Crippen LogP contribution in [0.2, 0.25) is 0 Å². The van der Waals surface area contributed by atoms with Crippen molar-refractivity contribution in [2.45, 2.75) is 77.6 Å². The maximum atomic E-state index is 2.40. The summed E-state index contributed by atoms with van der Waals surface area (Å²) in [5.41, 5.74) is 3.39. The summed E-state index contributed by atoms with van der Waals surface area (Å²) in [6.45, 7) is 2.27. The van der Waals surface area contributed by atoms with Crippen molar-refractivity contribution in [2.24, 2.45) is 5.92 Å². The van der Waals surface area contributed by atoms with Gasteiger partial charge in [-0.1, -0.05) is 68.7 Å². The van der Waals surface area contributed by atoms with E-state index in [0.29, 0.717) is 0 Å². The van der Waals surface area contributed by atoms with Crippen molar-refractivity contribution in [3.8, 4) is 0 Å². The van der Waals surface area contributed by atoms with Crippen LogP contribution in [-0.2, 0) is 0 Å². The van der Waals surface area contributed by atoms with Crippen molar-refractivity contribution < 1.29 is 0 Å². The van der Waals surface area contributed by atoms with Gasteiger partial charge in [0, 0.05) is 0 Å². The fourth-order valence-electron chi connectivity index (χ4n) is 3.32. The molecule has 0 nitrogen and oxygen atoms in total. The van der Waals surface area contributed by atoms with Crippen molar-refractivity contribution in [3.63, 3.8) is 0 Å². The van der Waals surface area contributed by atoms with Crippen LogP contribution in [0, 0.1) is 5.92 Å². The van der Waals surface area contributed by atoms with E-state index in [9.17, 15) is 0 Å². The molecule has 3 aliphatic rings. The lowest BCUT2D eigenvalue weighted by Gasteiger charge is -2.28. The van der Waals surface area contributed by atoms with Gasteiger partial charge in [-0.3, -0.25) is 0 Å². The molecule has 3 aliphatic carbocycles. The summed E-state index contributed by atoms with van der Waals surface area (Å²) >= 11 is 0. The molecule has 0 spiro atoms. The molecule has 0 saturated heterocycles. The first kappa shape index (κ1) is 12.9. The van der Waals surface area contributed by atoms with Gasteiger partial charge in [0.25, 0.3) is 0 Å². The molecule has 0 N–H and O–H groups in total. The number of hydrogen-bond acceptors (Lipinski definition) is 0. The molecule has 0 aromatic heterocycles. The lowest BCUT2D eigenvalue weighted by Crippen LogP contribution is -2.13. The topological polar surface area (TPSA) is 0 Å². The van der Waals surface area contributed by atoms with E-state index < -0.39 is 0 Å². The second-order valence-electron chi connectivity index (χ2n) is 5.83. The Morgan fingerprint density at radius 3 is 2.29 bits per heavy atom. The summed E-state index contributed by atoms with van der Waals surface area (Å²) in [6.07, 6.45) is 20.6. The predicted molar refractivity (Wildman–Crippen MR) is 76.1 cm³/mol. The Kier molecular flexibility index (Phi) is 5.35. The van der Waals surface area contributed by atoms with Gasteiger partial charge >= 0.3 is 0 Å². The van der Waals surface area contributed by atoms with E-state index in [4.69, 9.17) is 0 Å². The number of fused-ring (bicyclic) bond motifs is 1. The highest BCUT2D eigenvalue weighted by molar-refractivity contribution is 5.27. The number of allylic oxidation sites excluding steroid dienone is 4. The molecule has 0 heteroatoms. The van der Waals surface area contributed by atoms with Gasteiger partial charge in [0.15, 0.2) is 0 Å². The Hall–Kier alpha value is -0.520. The van der Waals surface area contributed by atoms with E-state index in [1.54, 1.807) is 11.1 Å². The standard InChI is InChI=1S/C12H18.C5H10/c1-2-10-7-8-11-5-3-4-6-12(11)9-10;1-2-4-5-3-1/h7-8,12H,2-6,9H2,1H3;1-5H2. The lowest BCUT2D eigenvalue weighted by molar-refractivity contribution is 0.442. The highest BCUT2D eigenvalue weighted by Gasteiger charge is 2.21. The molecular weight excluding hydrogens is 204 g/mol. The average Bonchev–Trinajstić information content (AvgIpc) is 2.97. The van der Waals surface area contributed by atoms with Crippen molar-refractivity contribution in [1.82, 2.24) is 0 Å². The highest BCUT2D eigenvalue weighted by Crippen LogP contribution is 2.37. The first-order valence-corrected chi connectivity index (χ1v) is 7.78. The van der Waals surface area contributed by atoms with E-state index in [-0.39, 0.29) is 0 Å². The number of hydrogen-bond donors (Lipinski definition) is 0. The normalized spacial score (nSPS) is 27.5. The molecule has 0 heterocycles. The second kappa shape index (κ2) is 7.03. The van der Waals surface area contributed by atoms with Crippen molar-refractivity contribution in [3.05, 3.63) is 23.3 Å². The van der Waals surface area contributed by atoms with Crippen LogP contribution in [0.3, 0.4) is 0 Å². The minimum absolute atomic E-state index is 0.929. The fraction of sp³-hybridized carbons (Fsp3) is 0.765. The SMILES string of the molecule is C1CCCC1.CCC1=CC=C2CCCCC2C1. The van der Waals surface area contributed by atoms with Gasteiger partial charge in [-0.15, -0.1) is 0 Å². The van der Waals surface area contributed by atoms with Crippen LogP contribution in [0.4, 0.5) is 0 Å². The maximum Gasteiger partial charge on any atom is -0.0163 e. The largest absolute Gasteiger partial charge is 0.0699 e. The zero-order valence-electron chi connectivity index (χ0n) is 11.5. The van der Waals surface area contributed by atoms with Crippen molar-refractivity contribution in [2.75, 3.05) is 0 Å². The average molecular weight is 232 g/mol. The van der Waals surface area contributed by atoms with E-state index in [0.717, 1.165) is 5.92 Å². The Balaban J connectivity index is 0.000000181. The monoisotopic (exact) mass is 232 g/mol. The summed E-state index contributed by atoms with van der Waals surface area (Å²) in [5, 5.41) is 0. The zero-order valence-corrected chi connectivity index (χ0v) is 11.5. The molecule has 0 radical (unpaired) electrons. The third-order valence-corrected chi connectivity index (χ3v) is 4.54. The minimum Gasteiger partial charge on any atom is -0.0699 e. The maximum absolute atomic E-state index is 2.40. The molecule has 0 aliphatic heterocycles. The van der Waals surface area contributed by atoms with Crippen LogP contribution in [0.5, 0.6) is 0 Å². The molecule has 1 atom stereocenters. The van der Waals surface area contributed by atoms with Gasteiger partial charge in [0.05, 0.1) is 0 Å². The molecular formula is C17H28. The Labute approximate surface area is 107 Å². The molecule has 0 aromatic carbocycles. The van der Waals surface area contributed by atoms with Crippen LogP contribution >= 0.6 is 0 Å². The van der Waals surface area contributed by atoms with Crippen LogP contribution in [0.15, 0.2) is 23.3 Å². The van der Waals surface area contributed by atoms with Gasteiger partial charge in [-0.25, -0.2) is 0 Å². The molecule has 1 unspecified atom stereocenters. The summed E-state index contributed by atoms with van der Waals surface area (Å²) in [5.74, 6) is 0.929. The Morgan fingerprint density at radius 1 is 0.941 bits per heavy atom. The van der Waals surface area contributed by atoms with E-state index in [2.05, 4.69) is 19.1 Å². The van der Waals surface area contributed by atoms with Crippen LogP contribution in [-0.4, -0.2) is 0 Å². The third-order valence-electron chi connectivity index (χ3n) is 4.54. The van der Waals surface area contributed by atoms with E-state index >= 15 is 0 Å². The lowest BCUT2D eigenvalue weighted by atomic mass is 9.77. The first-order valence-electron chi connectivity index (χ1n) is 7.78. The molecule has 17 heavy (non-hydrogen) atoms. The summed E-state index contributed by atoms with van der Waals surface area (Å²) in [6, 6.07) is 0. The summed E-state index contributed by atoms with van der Waals surface area (Å²) < 4.78 is 0. The van der Waals surface area contributed by atoms with Crippen molar-refractivity contribution in [1.29, 1.82) is 0 Å². The van der Waals surface area contributed by atoms with E-state index in [1.807, 2.05) is 0 Å². The molecule has 0 aromatic rings. The van der Waals surface area contributed by atoms with Gasteiger partial charge in [0.1, 0.15) is 0 Å². The highest BCUT2D eigenvalue weighted by atomic mass is 14.3. The Morgan fingerprint density at radius 2 is 1.65 bits per heavy atom. The molecule has 0 bridgehead atoms. The van der Waals surface area contributed by atoms with Gasteiger partial charge in [-0.2, -0.15) is 0 Å². The number of rotatable bonds is 1. The quantitative estimate of drug-likeness (QED) is 0.536. The first-order chi connectivity index (χ1) is 8.40. The Bertz CT molecular complexity index is 271. The van der Waals surface area contributed by atoms with Gasteiger partial charge in [0.2, 0.25) is 0 Å². The predicted octanol–water partition coefficient (Wildman–Crippen LogP) is 5.79. The zero-order chi connectivity index (χ0) is 11.9. The fourth-order valence-corrected chi connectivity index (χ4v) is 3.32. The molecule has 2 saturated carbocycles.